The SMILES string of the molecule is Cc1ccn(-c2ccccc2CNc2cnn(C)c(=O)c2Cl)n1. The Hall–Kier alpha value is -2.60. The fraction of sp³-hybridized carbons (Fsp3) is 0.188. The maximum absolute atomic E-state index is 11.8. The molecule has 0 saturated carbocycles. The van der Waals surface area contributed by atoms with Crippen LogP contribution in [0.15, 0.2) is 47.5 Å². The van der Waals surface area contributed by atoms with Crippen LogP contribution >= 0.6 is 11.6 Å². The van der Waals surface area contributed by atoms with E-state index in [2.05, 4.69) is 15.5 Å². The molecule has 3 rings (SSSR count). The third-order valence-corrected chi connectivity index (χ3v) is 3.87. The summed E-state index contributed by atoms with van der Waals surface area (Å²) in [6.07, 6.45) is 3.46. The molecule has 0 amide bonds. The lowest BCUT2D eigenvalue weighted by molar-refractivity contribution is 0.708. The van der Waals surface area contributed by atoms with E-state index in [9.17, 15) is 4.79 Å². The van der Waals surface area contributed by atoms with Crippen molar-refractivity contribution in [3.05, 3.63) is 69.4 Å². The average molecular weight is 330 g/mol. The zero-order valence-corrected chi connectivity index (χ0v) is 13.6. The lowest BCUT2D eigenvalue weighted by Gasteiger charge is -2.12. The highest BCUT2D eigenvalue weighted by Crippen LogP contribution is 2.19. The van der Waals surface area contributed by atoms with Crippen LogP contribution in [0.3, 0.4) is 0 Å². The number of nitrogens with zero attached hydrogens (tertiary/aromatic N) is 4. The maximum Gasteiger partial charge on any atom is 0.287 e. The van der Waals surface area contributed by atoms with Crippen LogP contribution in [0.4, 0.5) is 5.69 Å². The van der Waals surface area contributed by atoms with Crippen molar-refractivity contribution in [1.29, 1.82) is 0 Å². The smallest absolute Gasteiger partial charge is 0.287 e. The molecule has 7 heteroatoms. The van der Waals surface area contributed by atoms with Crippen molar-refractivity contribution in [1.82, 2.24) is 19.6 Å². The Morgan fingerprint density at radius 2 is 2.04 bits per heavy atom. The van der Waals surface area contributed by atoms with Crippen LogP contribution in [0.25, 0.3) is 5.69 Å². The van der Waals surface area contributed by atoms with E-state index in [4.69, 9.17) is 11.6 Å². The first-order chi connectivity index (χ1) is 11.1. The van der Waals surface area contributed by atoms with Crippen molar-refractivity contribution < 1.29 is 0 Å². The van der Waals surface area contributed by atoms with Crippen LogP contribution in [0.5, 0.6) is 0 Å². The Balaban J connectivity index is 1.87. The Kier molecular flexibility index (Phi) is 4.16. The molecular weight excluding hydrogens is 314 g/mol. The van der Waals surface area contributed by atoms with Crippen molar-refractivity contribution in [2.24, 2.45) is 7.05 Å². The molecule has 2 heterocycles. The fourth-order valence-electron chi connectivity index (χ4n) is 2.26. The van der Waals surface area contributed by atoms with E-state index in [0.717, 1.165) is 16.9 Å². The number of aromatic nitrogens is 4. The zero-order chi connectivity index (χ0) is 16.4. The normalized spacial score (nSPS) is 10.7. The molecule has 2 aromatic heterocycles. The summed E-state index contributed by atoms with van der Waals surface area (Å²) < 4.78 is 3.03. The van der Waals surface area contributed by atoms with Gasteiger partial charge in [-0.2, -0.15) is 10.2 Å². The molecule has 1 aromatic carbocycles. The summed E-state index contributed by atoms with van der Waals surface area (Å²) in [4.78, 5) is 11.8. The Bertz CT molecular complexity index is 899. The highest BCUT2D eigenvalue weighted by atomic mass is 35.5. The first kappa shape index (κ1) is 15.3. The van der Waals surface area contributed by atoms with Gasteiger partial charge in [0.25, 0.3) is 5.56 Å². The third-order valence-electron chi connectivity index (χ3n) is 3.51. The molecule has 0 atom stereocenters. The monoisotopic (exact) mass is 329 g/mol. The van der Waals surface area contributed by atoms with Crippen molar-refractivity contribution in [3.63, 3.8) is 0 Å². The van der Waals surface area contributed by atoms with Gasteiger partial charge in [0.1, 0.15) is 5.02 Å². The van der Waals surface area contributed by atoms with Gasteiger partial charge in [0.2, 0.25) is 0 Å². The summed E-state index contributed by atoms with van der Waals surface area (Å²) >= 11 is 6.07. The van der Waals surface area contributed by atoms with E-state index < -0.39 is 0 Å². The molecule has 0 radical (unpaired) electrons. The third kappa shape index (κ3) is 3.12. The first-order valence-corrected chi connectivity index (χ1v) is 7.50. The molecule has 0 aliphatic heterocycles. The number of para-hydroxylation sites is 1. The second-order valence-electron chi connectivity index (χ2n) is 5.18. The highest BCUT2D eigenvalue weighted by molar-refractivity contribution is 6.32. The van der Waals surface area contributed by atoms with Gasteiger partial charge in [-0.3, -0.25) is 4.79 Å². The molecule has 0 unspecified atom stereocenters. The van der Waals surface area contributed by atoms with Crippen LogP contribution in [0.2, 0.25) is 5.02 Å². The van der Waals surface area contributed by atoms with Gasteiger partial charge in [-0.1, -0.05) is 29.8 Å². The van der Waals surface area contributed by atoms with Gasteiger partial charge in [-0.15, -0.1) is 0 Å². The fourth-order valence-corrected chi connectivity index (χ4v) is 2.50. The van der Waals surface area contributed by atoms with E-state index in [1.54, 1.807) is 13.2 Å². The van der Waals surface area contributed by atoms with E-state index in [-0.39, 0.29) is 10.6 Å². The molecule has 0 fully saturated rings. The lowest BCUT2D eigenvalue weighted by atomic mass is 10.1. The molecule has 0 aliphatic carbocycles. The lowest BCUT2D eigenvalue weighted by Crippen LogP contribution is -2.21. The molecule has 23 heavy (non-hydrogen) atoms. The number of halogens is 1. The Morgan fingerprint density at radius 1 is 1.26 bits per heavy atom. The van der Waals surface area contributed by atoms with E-state index in [1.165, 1.54) is 4.68 Å². The summed E-state index contributed by atoms with van der Waals surface area (Å²) in [7, 11) is 1.56. The summed E-state index contributed by atoms with van der Waals surface area (Å²) in [5.41, 5.74) is 3.15. The van der Waals surface area contributed by atoms with Gasteiger partial charge in [0.15, 0.2) is 0 Å². The predicted molar refractivity (Wildman–Crippen MR) is 90.1 cm³/mol. The van der Waals surface area contributed by atoms with E-state index in [1.807, 2.05) is 48.1 Å². The number of anilines is 1. The second-order valence-corrected chi connectivity index (χ2v) is 5.56. The maximum atomic E-state index is 11.8. The summed E-state index contributed by atoms with van der Waals surface area (Å²) in [5, 5.41) is 11.7. The molecular formula is C16H16ClN5O. The minimum Gasteiger partial charge on any atom is -0.378 e. The summed E-state index contributed by atoms with van der Waals surface area (Å²) in [6, 6.07) is 9.87. The highest BCUT2D eigenvalue weighted by Gasteiger charge is 2.09. The molecule has 3 aromatic rings. The number of hydrogen-bond donors (Lipinski definition) is 1. The number of hydrogen-bond acceptors (Lipinski definition) is 4. The molecule has 6 nitrogen and oxygen atoms in total. The van der Waals surface area contributed by atoms with E-state index >= 15 is 0 Å². The van der Waals surface area contributed by atoms with Crippen molar-refractivity contribution in [2.45, 2.75) is 13.5 Å². The molecule has 1 N–H and O–H groups in total. The van der Waals surface area contributed by atoms with Crippen LogP contribution in [-0.2, 0) is 13.6 Å². The number of rotatable bonds is 4. The summed E-state index contributed by atoms with van der Waals surface area (Å²) in [6.45, 7) is 2.45. The second kappa shape index (κ2) is 6.26. The van der Waals surface area contributed by atoms with Gasteiger partial charge in [-0.25, -0.2) is 9.36 Å². The number of aryl methyl sites for hydroxylation is 2. The van der Waals surface area contributed by atoms with Gasteiger partial charge in [0.05, 0.1) is 23.3 Å². The van der Waals surface area contributed by atoms with Crippen molar-refractivity contribution >= 4 is 17.3 Å². The average Bonchev–Trinajstić information content (AvgIpc) is 2.99. The van der Waals surface area contributed by atoms with Crippen LogP contribution in [0.1, 0.15) is 11.3 Å². The van der Waals surface area contributed by atoms with E-state index in [0.29, 0.717) is 12.2 Å². The molecule has 0 saturated heterocycles. The van der Waals surface area contributed by atoms with Gasteiger partial charge >= 0.3 is 0 Å². The van der Waals surface area contributed by atoms with Crippen molar-refractivity contribution in [3.8, 4) is 5.69 Å². The quantitative estimate of drug-likeness (QED) is 0.799. The van der Waals surface area contributed by atoms with Gasteiger partial charge < -0.3 is 5.32 Å². The van der Waals surface area contributed by atoms with Crippen LogP contribution < -0.4 is 10.9 Å². The molecule has 118 valence electrons. The number of benzene rings is 1. The van der Waals surface area contributed by atoms with Gasteiger partial charge in [0, 0.05) is 19.8 Å². The topological polar surface area (TPSA) is 64.7 Å². The number of nitrogens with one attached hydrogen (secondary N) is 1. The zero-order valence-electron chi connectivity index (χ0n) is 12.8. The minimum absolute atomic E-state index is 0.134. The Labute approximate surface area is 138 Å². The largest absolute Gasteiger partial charge is 0.378 e. The summed E-state index contributed by atoms with van der Waals surface area (Å²) in [5.74, 6) is 0. The standard InChI is InChI=1S/C16H16ClN5O/c1-11-7-8-22(20-11)14-6-4-3-5-12(14)9-18-13-10-19-21(2)16(23)15(13)17/h3-8,10,18H,9H2,1-2H3. The van der Waals surface area contributed by atoms with Crippen LogP contribution in [-0.4, -0.2) is 19.6 Å². The predicted octanol–water partition coefficient (Wildman–Crippen LogP) is 2.54. The van der Waals surface area contributed by atoms with Crippen LogP contribution in [0, 0.1) is 6.92 Å². The first-order valence-electron chi connectivity index (χ1n) is 7.12. The van der Waals surface area contributed by atoms with Gasteiger partial charge in [-0.05, 0) is 24.6 Å². The molecule has 0 spiro atoms. The Morgan fingerprint density at radius 3 is 2.78 bits per heavy atom. The molecule has 0 aliphatic rings. The molecule has 0 bridgehead atoms. The minimum atomic E-state index is -0.326. The van der Waals surface area contributed by atoms with Crippen molar-refractivity contribution in [2.75, 3.05) is 5.32 Å².